The minimum atomic E-state index is 0.750. The SMILES string of the molecule is CO.N=C=O.N=C=O.c1ccccc1. The molecule has 0 aliphatic carbocycles. The van der Waals surface area contributed by atoms with Crippen molar-refractivity contribution >= 4 is 12.2 Å². The Balaban J connectivity index is -0.000000132. The summed E-state index contributed by atoms with van der Waals surface area (Å²) in [5.41, 5.74) is 0. The van der Waals surface area contributed by atoms with Crippen molar-refractivity contribution < 1.29 is 14.7 Å². The first-order valence-corrected chi connectivity index (χ1v) is 3.36. The van der Waals surface area contributed by atoms with Crippen molar-refractivity contribution in [1.82, 2.24) is 0 Å². The molecule has 0 aromatic heterocycles. The Bertz CT molecular complexity index is 199. The van der Waals surface area contributed by atoms with Crippen molar-refractivity contribution in [2.24, 2.45) is 0 Å². The number of hydrogen-bond acceptors (Lipinski definition) is 5. The van der Waals surface area contributed by atoms with Crippen molar-refractivity contribution in [1.29, 1.82) is 10.8 Å². The molecule has 1 aromatic carbocycles. The normalized spacial score (nSPS) is 5.00. The van der Waals surface area contributed by atoms with Crippen LogP contribution < -0.4 is 0 Å². The van der Waals surface area contributed by atoms with Crippen LogP contribution in [0.4, 0.5) is 0 Å². The Morgan fingerprint density at radius 3 is 0.929 bits per heavy atom. The summed E-state index contributed by atoms with van der Waals surface area (Å²) in [6, 6.07) is 12.0. The molecule has 0 aliphatic rings. The molecule has 0 heterocycles. The number of aliphatic hydroxyl groups excluding tert-OH is 1. The van der Waals surface area contributed by atoms with Crippen molar-refractivity contribution in [3.05, 3.63) is 36.4 Å². The van der Waals surface area contributed by atoms with Gasteiger partial charge in [0.2, 0.25) is 12.2 Å². The van der Waals surface area contributed by atoms with E-state index >= 15 is 0 Å². The third kappa shape index (κ3) is 51.2. The third-order valence-corrected chi connectivity index (χ3v) is 0.667. The molecule has 0 fully saturated rings. The number of nitrogens with one attached hydrogen (secondary N) is 2. The van der Waals surface area contributed by atoms with Gasteiger partial charge in [0.15, 0.2) is 0 Å². The van der Waals surface area contributed by atoms with Crippen LogP contribution in [0.5, 0.6) is 0 Å². The van der Waals surface area contributed by atoms with Gasteiger partial charge in [0.05, 0.1) is 0 Å². The second-order valence-corrected chi connectivity index (χ2v) is 1.36. The standard InChI is InChI=1S/C6H6.2CHNO.CH4O/c1-2-4-6-5-3-1;2*2-1-3;1-2/h1-6H;2*2H;2H,1H3. The van der Waals surface area contributed by atoms with E-state index in [4.69, 9.17) is 25.5 Å². The summed E-state index contributed by atoms with van der Waals surface area (Å²) in [5.74, 6) is 0. The first-order chi connectivity index (χ1) is 6.83. The largest absolute Gasteiger partial charge is 0.400 e. The van der Waals surface area contributed by atoms with Gasteiger partial charge in [-0.15, -0.1) is 0 Å². The van der Waals surface area contributed by atoms with E-state index in [1.54, 1.807) is 0 Å². The lowest BCUT2D eigenvalue weighted by atomic mass is 10.4. The van der Waals surface area contributed by atoms with E-state index in [0.29, 0.717) is 0 Å². The molecule has 14 heavy (non-hydrogen) atoms. The fourth-order valence-electron chi connectivity index (χ4n) is 0.385. The van der Waals surface area contributed by atoms with Gasteiger partial charge in [0.1, 0.15) is 0 Å². The van der Waals surface area contributed by atoms with E-state index in [2.05, 4.69) is 0 Å². The molecule has 0 atom stereocenters. The monoisotopic (exact) mass is 196 g/mol. The van der Waals surface area contributed by atoms with Gasteiger partial charge < -0.3 is 5.11 Å². The predicted octanol–water partition coefficient (Wildman–Crippen LogP) is 1.10. The number of isocyanates is 2. The Hall–Kier alpha value is -2.06. The molecule has 0 saturated heterocycles. The summed E-state index contributed by atoms with van der Waals surface area (Å²) in [6.45, 7) is 0. The molecule has 0 radical (unpaired) electrons. The van der Waals surface area contributed by atoms with Gasteiger partial charge in [0, 0.05) is 7.11 Å². The molecule has 76 valence electrons. The van der Waals surface area contributed by atoms with Gasteiger partial charge in [-0.1, -0.05) is 36.4 Å². The maximum absolute atomic E-state index is 8.35. The predicted molar refractivity (Wildman–Crippen MR) is 51.4 cm³/mol. The molecule has 1 aromatic rings. The minimum absolute atomic E-state index is 0.750. The Morgan fingerprint density at radius 1 is 0.786 bits per heavy atom. The molecule has 0 amide bonds. The molecule has 5 nitrogen and oxygen atoms in total. The topological polar surface area (TPSA) is 102 Å². The van der Waals surface area contributed by atoms with Crippen LogP contribution in [-0.2, 0) is 9.59 Å². The van der Waals surface area contributed by atoms with Gasteiger partial charge >= 0.3 is 0 Å². The summed E-state index contributed by atoms with van der Waals surface area (Å²) >= 11 is 0. The van der Waals surface area contributed by atoms with E-state index in [1.807, 2.05) is 36.4 Å². The zero-order valence-corrected chi connectivity index (χ0v) is 7.73. The highest BCUT2D eigenvalue weighted by molar-refractivity contribution is 5.26. The van der Waals surface area contributed by atoms with Crippen molar-refractivity contribution in [2.45, 2.75) is 0 Å². The van der Waals surface area contributed by atoms with E-state index in [1.165, 1.54) is 0 Å². The highest BCUT2D eigenvalue weighted by atomic mass is 16.2. The van der Waals surface area contributed by atoms with Crippen LogP contribution in [0.2, 0.25) is 0 Å². The van der Waals surface area contributed by atoms with Crippen LogP contribution >= 0.6 is 0 Å². The zero-order valence-electron chi connectivity index (χ0n) is 7.73. The molecule has 5 heteroatoms. The maximum atomic E-state index is 8.35. The summed E-state index contributed by atoms with van der Waals surface area (Å²) in [5, 5.41) is 17.8. The summed E-state index contributed by atoms with van der Waals surface area (Å²) in [7, 11) is 1.00. The van der Waals surface area contributed by atoms with Crippen LogP contribution in [0.15, 0.2) is 36.4 Å². The second kappa shape index (κ2) is 30.6. The van der Waals surface area contributed by atoms with E-state index < -0.39 is 0 Å². The Morgan fingerprint density at radius 2 is 0.857 bits per heavy atom. The number of rotatable bonds is 0. The fraction of sp³-hybridized carbons (Fsp3) is 0.111. The van der Waals surface area contributed by atoms with Gasteiger partial charge in [-0.2, -0.15) is 0 Å². The maximum Gasteiger partial charge on any atom is 0.231 e. The lowest BCUT2D eigenvalue weighted by Crippen LogP contribution is -1.47. The molecule has 3 N–H and O–H groups in total. The highest BCUT2D eigenvalue weighted by Gasteiger charge is 1.57. The average molecular weight is 196 g/mol. The van der Waals surface area contributed by atoms with Crippen molar-refractivity contribution in [3.63, 3.8) is 0 Å². The number of hydrogen-bond donors (Lipinski definition) is 3. The van der Waals surface area contributed by atoms with E-state index in [0.717, 1.165) is 19.3 Å². The van der Waals surface area contributed by atoms with Gasteiger partial charge in [-0.25, -0.2) is 20.4 Å². The fourth-order valence-corrected chi connectivity index (χ4v) is 0.385. The van der Waals surface area contributed by atoms with Gasteiger partial charge in [-0.3, -0.25) is 0 Å². The number of aliphatic hydroxyl groups is 1. The summed E-state index contributed by atoms with van der Waals surface area (Å²) in [4.78, 5) is 16.7. The molecule has 0 bridgehead atoms. The molecule has 0 unspecified atom stereocenters. The highest BCUT2D eigenvalue weighted by Crippen LogP contribution is 1.79. The van der Waals surface area contributed by atoms with Crippen LogP contribution in [0.3, 0.4) is 0 Å². The van der Waals surface area contributed by atoms with Crippen LogP contribution in [-0.4, -0.2) is 24.4 Å². The Kier molecular flexibility index (Phi) is 39.1. The first-order valence-electron chi connectivity index (χ1n) is 3.36. The third-order valence-electron chi connectivity index (χ3n) is 0.667. The number of benzene rings is 1. The molecular weight excluding hydrogens is 184 g/mol. The minimum Gasteiger partial charge on any atom is -0.400 e. The van der Waals surface area contributed by atoms with E-state index in [-0.39, 0.29) is 0 Å². The molecule has 0 saturated carbocycles. The van der Waals surface area contributed by atoms with Crippen molar-refractivity contribution in [2.75, 3.05) is 7.11 Å². The second-order valence-electron chi connectivity index (χ2n) is 1.36. The average Bonchev–Trinajstić information content (AvgIpc) is 2.26. The van der Waals surface area contributed by atoms with Gasteiger partial charge in [0.25, 0.3) is 0 Å². The summed E-state index contributed by atoms with van der Waals surface area (Å²) < 4.78 is 0. The van der Waals surface area contributed by atoms with Crippen LogP contribution in [0, 0.1) is 10.8 Å². The molecule has 0 aliphatic heterocycles. The van der Waals surface area contributed by atoms with E-state index in [9.17, 15) is 0 Å². The lowest BCUT2D eigenvalue weighted by molar-refractivity contribution is 0.399. The smallest absolute Gasteiger partial charge is 0.231 e. The molecule has 1 rings (SSSR count). The summed E-state index contributed by atoms with van der Waals surface area (Å²) in [6.07, 6.45) is 1.50. The van der Waals surface area contributed by atoms with Gasteiger partial charge in [-0.05, 0) is 0 Å². The first kappa shape index (κ1) is 17.9. The molecular formula is C9H12N2O3. The van der Waals surface area contributed by atoms with Crippen LogP contribution in [0.25, 0.3) is 0 Å². The number of carbonyl (C=O) groups excluding carboxylic acids is 2. The van der Waals surface area contributed by atoms with Crippen LogP contribution in [0.1, 0.15) is 0 Å². The zero-order chi connectivity index (χ0) is 11.7. The quantitative estimate of drug-likeness (QED) is 0.427. The van der Waals surface area contributed by atoms with Crippen molar-refractivity contribution in [3.8, 4) is 0 Å². The lowest BCUT2D eigenvalue weighted by Gasteiger charge is -1.69. The molecule has 0 spiro atoms. The Labute approximate surface area is 82.0 Å².